The zero-order chi connectivity index (χ0) is 19.6. The number of benzene rings is 2. The van der Waals surface area contributed by atoms with Crippen molar-refractivity contribution in [1.82, 2.24) is 0 Å². The van der Waals surface area contributed by atoms with Crippen molar-refractivity contribution in [1.29, 1.82) is 0 Å². The summed E-state index contributed by atoms with van der Waals surface area (Å²) in [4.78, 5) is 10.6. The van der Waals surface area contributed by atoms with Crippen LogP contribution in [0.3, 0.4) is 0 Å². The maximum Gasteiger partial charge on any atom is 0.416 e. The highest BCUT2D eigenvalue weighted by molar-refractivity contribution is 7.80. The predicted octanol–water partition coefficient (Wildman–Crippen LogP) is 5.96. The summed E-state index contributed by atoms with van der Waals surface area (Å²) in [6.45, 7) is 1.63. The Morgan fingerprint density at radius 3 is 2.35 bits per heavy atom. The van der Waals surface area contributed by atoms with Gasteiger partial charge in [-0.2, -0.15) is 13.2 Å². The lowest BCUT2D eigenvalue weighted by atomic mass is 10.1. The molecule has 2 aromatic carbocycles. The predicted molar refractivity (Wildman–Crippen MR) is 93.5 cm³/mol. The van der Waals surface area contributed by atoms with Crippen molar-refractivity contribution in [3.63, 3.8) is 0 Å². The number of hydrogen-bond donors (Lipinski definition) is 0. The largest absolute Gasteiger partial charge is 0.455 e. The molecular weight excluding hydrogens is 417 g/mol. The number of alkyl halides is 3. The summed E-state index contributed by atoms with van der Waals surface area (Å²) in [7, 11) is -2.78. The van der Waals surface area contributed by atoms with Crippen LogP contribution in [0.4, 0.5) is 18.9 Å². The molecule has 0 saturated carbocycles. The summed E-state index contributed by atoms with van der Waals surface area (Å²) < 4.78 is 55.2. The Balaban J connectivity index is 2.55. The van der Waals surface area contributed by atoms with Crippen LogP contribution in [-0.2, 0) is 17.2 Å². The molecule has 2 aromatic rings. The van der Waals surface area contributed by atoms with Gasteiger partial charge in [0.1, 0.15) is 11.5 Å². The minimum absolute atomic E-state index is 0.00130. The van der Waals surface area contributed by atoms with E-state index in [4.69, 9.17) is 27.6 Å². The lowest BCUT2D eigenvalue weighted by Crippen LogP contribution is -2.06. The number of nitro benzene ring substituents is 1. The van der Waals surface area contributed by atoms with Gasteiger partial charge >= 0.3 is 6.18 Å². The monoisotopic (exact) mass is 427 g/mol. The number of hydrogen-bond acceptors (Lipinski definition) is 4. The molecule has 0 saturated heterocycles. The second-order valence-corrected chi connectivity index (χ2v) is 7.66. The molecule has 0 fully saturated rings. The van der Waals surface area contributed by atoms with Crippen LogP contribution in [0.5, 0.6) is 11.5 Å². The Hall–Kier alpha value is -1.76. The average molecular weight is 428 g/mol. The Labute approximate surface area is 156 Å². The molecule has 0 radical (unpaired) electrons. The summed E-state index contributed by atoms with van der Waals surface area (Å²) >= 11 is 11.4. The first kappa shape index (κ1) is 20.6. The fourth-order valence-corrected chi connectivity index (χ4v) is 3.27. The normalized spacial score (nSPS) is 12.7. The fourth-order valence-electron chi connectivity index (χ4n) is 2.23. The maximum atomic E-state index is 12.7. The Bertz CT molecular complexity index is 890. The van der Waals surface area contributed by atoms with Crippen LogP contribution in [0, 0.1) is 10.1 Å². The molecule has 0 N–H and O–H groups in total. The molecule has 0 amide bonds. The molecule has 0 aliphatic heterocycles. The van der Waals surface area contributed by atoms with E-state index in [0.29, 0.717) is 6.07 Å². The van der Waals surface area contributed by atoms with Crippen molar-refractivity contribution in [2.24, 2.45) is 0 Å². The maximum absolute atomic E-state index is 12.7. The smallest absolute Gasteiger partial charge is 0.416 e. The first-order valence-corrected chi connectivity index (χ1v) is 9.90. The third-order valence-corrected chi connectivity index (χ3v) is 5.13. The van der Waals surface area contributed by atoms with Gasteiger partial charge in [-0.15, -0.1) is 0 Å². The van der Waals surface area contributed by atoms with Gasteiger partial charge in [0.15, 0.2) is 7.15 Å². The SMILES string of the molecule is CCc1c(Oc2ccc(C(F)(F)F)cc2Cl)cc([PH](=O)Cl)cc1[N+](=O)[O-]. The van der Waals surface area contributed by atoms with Gasteiger partial charge in [0.25, 0.3) is 5.69 Å². The van der Waals surface area contributed by atoms with Crippen LogP contribution in [0.2, 0.25) is 5.02 Å². The second kappa shape index (κ2) is 7.86. The molecule has 26 heavy (non-hydrogen) atoms. The van der Waals surface area contributed by atoms with E-state index >= 15 is 0 Å². The molecule has 0 bridgehead atoms. The lowest BCUT2D eigenvalue weighted by molar-refractivity contribution is -0.385. The number of ether oxygens (including phenoxy) is 1. The van der Waals surface area contributed by atoms with Gasteiger partial charge < -0.3 is 9.30 Å². The molecule has 140 valence electrons. The average Bonchev–Trinajstić information content (AvgIpc) is 2.54. The molecule has 5 nitrogen and oxygen atoms in total. The molecule has 0 aromatic heterocycles. The van der Waals surface area contributed by atoms with Crippen LogP contribution in [0.1, 0.15) is 18.1 Å². The quantitative estimate of drug-likeness (QED) is 0.335. The molecule has 1 atom stereocenters. The lowest BCUT2D eigenvalue weighted by Gasteiger charge is -2.14. The van der Waals surface area contributed by atoms with E-state index in [2.05, 4.69) is 0 Å². The van der Waals surface area contributed by atoms with E-state index in [-0.39, 0.29) is 39.5 Å². The fraction of sp³-hybridized carbons (Fsp3) is 0.200. The van der Waals surface area contributed by atoms with Crippen LogP contribution in [-0.4, -0.2) is 4.92 Å². The van der Waals surface area contributed by atoms with Crippen LogP contribution in [0.15, 0.2) is 30.3 Å². The van der Waals surface area contributed by atoms with E-state index in [9.17, 15) is 27.9 Å². The first-order valence-electron chi connectivity index (χ1n) is 7.10. The van der Waals surface area contributed by atoms with E-state index in [1.165, 1.54) is 6.07 Å². The molecule has 2 rings (SSSR count). The molecule has 0 aliphatic rings. The number of nitrogens with zero attached hydrogens (tertiary/aromatic N) is 1. The van der Waals surface area contributed by atoms with E-state index < -0.39 is 23.8 Å². The minimum atomic E-state index is -4.58. The third-order valence-electron chi connectivity index (χ3n) is 3.44. The van der Waals surface area contributed by atoms with Crippen molar-refractivity contribution in [2.45, 2.75) is 19.5 Å². The van der Waals surface area contributed by atoms with Gasteiger partial charge in [0.05, 0.1) is 21.1 Å². The van der Waals surface area contributed by atoms with Gasteiger partial charge in [-0.1, -0.05) is 29.8 Å². The van der Waals surface area contributed by atoms with Gasteiger partial charge in [-0.3, -0.25) is 10.1 Å². The third kappa shape index (κ3) is 4.50. The van der Waals surface area contributed by atoms with Crippen molar-refractivity contribution in [3.8, 4) is 11.5 Å². The summed E-state index contributed by atoms with van der Waals surface area (Å²) in [5.41, 5.74) is -1.13. The standard InChI is InChI=1S/C15H11Cl2F3NO4P/c1-2-10-12(21(22)23)6-9(26(17)24)7-14(10)25-13-4-3-8(5-11(13)16)15(18,19)20/h3-7,26H,2H2,1H3. The van der Waals surface area contributed by atoms with Crippen molar-refractivity contribution in [2.75, 3.05) is 0 Å². The van der Waals surface area contributed by atoms with E-state index in [0.717, 1.165) is 18.2 Å². The minimum Gasteiger partial charge on any atom is -0.455 e. The molecule has 0 heterocycles. The first-order chi connectivity index (χ1) is 12.0. The Morgan fingerprint density at radius 2 is 1.88 bits per heavy atom. The zero-order valence-electron chi connectivity index (χ0n) is 13.1. The van der Waals surface area contributed by atoms with E-state index in [1.54, 1.807) is 6.92 Å². The molecule has 1 unspecified atom stereocenters. The summed E-state index contributed by atoms with van der Waals surface area (Å²) in [6, 6.07) is 4.82. The van der Waals surface area contributed by atoms with E-state index in [1.807, 2.05) is 0 Å². The van der Waals surface area contributed by atoms with Gasteiger partial charge in [-0.05, 0) is 30.7 Å². The van der Waals surface area contributed by atoms with Gasteiger partial charge in [-0.25, -0.2) is 0 Å². The highest BCUT2D eigenvalue weighted by Crippen LogP contribution is 2.40. The molecule has 0 spiro atoms. The van der Waals surface area contributed by atoms with Crippen LogP contribution < -0.4 is 10.0 Å². The number of halogens is 5. The van der Waals surface area contributed by atoms with Crippen molar-refractivity contribution in [3.05, 3.63) is 56.6 Å². The summed E-state index contributed by atoms with van der Waals surface area (Å²) in [5.74, 6) is -0.174. The number of nitro groups is 1. The van der Waals surface area contributed by atoms with Crippen LogP contribution >= 0.6 is 30.0 Å². The highest BCUT2D eigenvalue weighted by Gasteiger charge is 2.31. The summed E-state index contributed by atoms with van der Waals surface area (Å²) in [5, 5.41) is 10.9. The van der Waals surface area contributed by atoms with Gasteiger partial charge in [0.2, 0.25) is 0 Å². The Kier molecular flexibility index (Phi) is 6.21. The molecule has 11 heteroatoms. The molecular formula is C15H11Cl2F3NO4P. The zero-order valence-corrected chi connectivity index (χ0v) is 15.6. The highest BCUT2D eigenvalue weighted by atomic mass is 35.7. The topological polar surface area (TPSA) is 69.4 Å². The Morgan fingerprint density at radius 1 is 1.23 bits per heavy atom. The van der Waals surface area contributed by atoms with Gasteiger partial charge in [0, 0.05) is 11.4 Å². The number of rotatable bonds is 5. The summed E-state index contributed by atoms with van der Waals surface area (Å²) in [6.07, 6.45) is -4.39. The van der Waals surface area contributed by atoms with Crippen LogP contribution in [0.25, 0.3) is 0 Å². The molecule has 0 aliphatic carbocycles. The second-order valence-electron chi connectivity index (χ2n) is 5.10. The van der Waals surface area contributed by atoms with Crippen molar-refractivity contribution >= 4 is 41.0 Å². The van der Waals surface area contributed by atoms with Crippen molar-refractivity contribution < 1.29 is 27.4 Å².